The van der Waals surface area contributed by atoms with Gasteiger partial charge in [-0.2, -0.15) is 0 Å². The highest BCUT2D eigenvalue weighted by Crippen LogP contribution is 2.24. The molecule has 3 nitrogen and oxygen atoms in total. The number of ether oxygens (including phenoxy) is 2. The van der Waals surface area contributed by atoms with Crippen LogP contribution in [0.25, 0.3) is 0 Å². The topological polar surface area (TPSA) is 35.5 Å². The zero-order chi connectivity index (χ0) is 12.0. The Morgan fingerprint density at radius 1 is 1.38 bits per heavy atom. The van der Waals surface area contributed by atoms with Crippen LogP contribution in [-0.2, 0) is 0 Å². The van der Waals surface area contributed by atoms with Gasteiger partial charge >= 0.3 is 0 Å². The van der Waals surface area contributed by atoms with E-state index in [1.807, 2.05) is 0 Å². The quantitative estimate of drug-likeness (QED) is 0.548. The number of methoxy groups -OCH3 is 1. The Morgan fingerprint density at radius 2 is 2.12 bits per heavy atom. The molecule has 0 fully saturated rings. The summed E-state index contributed by atoms with van der Waals surface area (Å²) in [7, 11) is 1.58. The smallest absolute Gasteiger partial charge is 0.163 e. The van der Waals surface area contributed by atoms with Crippen LogP contribution < -0.4 is 9.47 Å². The normalized spacial score (nSPS) is 9.94. The highest BCUT2D eigenvalue weighted by atomic mass is 16.5. The van der Waals surface area contributed by atoms with E-state index in [9.17, 15) is 4.79 Å². The first-order valence-corrected chi connectivity index (χ1v) is 5.50. The highest BCUT2D eigenvalue weighted by molar-refractivity contribution is 5.97. The maximum Gasteiger partial charge on any atom is 0.163 e. The van der Waals surface area contributed by atoms with E-state index in [0.29, 0.717) is 23.7 Å². The van der Waals surface area contributed by atoms with Crippen LogP contribution in [0.3, 0.4) is 0 Å². The monoisotopic (exact) mass is 222 g/mol. The lowest BCUT2D eigenvalue weighted by molar-refractivity contribution is 0.101. The third-order valence-corrected chi connectivity index (χ3v) is 2.32. The van der Waals surface area contributed by atoms with E-state index in [0.717, 1.165) is 12.8 Å². The van der Waals surface area contributed by atoms with E-state index in [1.165, 1.54) is 6.92 Å². The fourth-order valence-corrected chi connectivity index (χ4v) is 1.36. The Morgan fingerprint density at radius 3 is 2.69 bits per heavy atom. The van der Waals surface area contributed by atoms with Gasteiger partial charge in [0.05, 0.1) is 19.3 Å². The van der Waals surface area contributed by atoms with E-state index in [-0.39, 0.29) is 5.78 Å². The fourth-order valence-electron chi connectivity index (χ4n) is 1.36. The molecular formula is C13H18O3. The molecule has 0 aliphatic rings. The Bertz CT molecular complexity index is 358. The second-order valence-electron chi connectivity index (χ2n) is 3.62. The lowest BCUT2D eigenvalue weighted by Gasteiger charge is -2.10. The van der Waals surface area contributed by atoms with Crippen LogP contribution in [0.15, 0.2) is 18.2 Å². The molecule has 1 aromatic carbocycles. The van der Waals surface area contributed by atoms with Crippen LogP contribution in [0.4, 0.5) is 0 Å². The molecule has 1 aromatic rings. The summed E-state index contributed by atoms with van der Waals surface area (Å²) in [5, 5.41) is 0. The molecule has 0 bridgehead atoms. The third kappa shape index (κ3) is 3.26. The summed E-state index contributed by atoms with van der Waals surface area (Å²) >= 11 is 0. The Hall–Kier alpha value is -1.51. The number of carbonyl (C=O) groups excluding carboxylic acids is 1. The lowest BCUT2D eigenvalue weighted by atomic mass is 10.1. The average molecular weight is 222 g/mol. The van der Waals surface area contributed by atoms with Gasteiger partial charge in [0.15, 0.2) is 5.78 Å². The second-order valence-corrected chi connectivity index (χ2v) is 3.62. The van der Waals surface area contributed by atoms with Crippen molar-refractivity contribution in [3.05, 3.63) is 23.8 Å². The largest absolute Gasteiger partial charge is 0.497 e. The van der Waals surface area contributed by atoms with Gasteiger partial charge in [-0.3, -0.25) is 4.79 Å². The molecule has 16 heavy (non-hydrogen) atoms. The van der Waals surface area contributed by atoms with Crippen LogP contribution in [-0.4, -0.2) is 19.5 Å². The molecule has 0 aromatic heterocycles. The minimum absolute atomic E-state index is 0.00889. The van der Waals surface area contributed by atoms with Crippen LogP contribution in [0.5, 0.6) is 11.5 Å². The summed E-state index contributed by atoms with van der Waals surface area (Å²) in [5.74, 6) is 1.31. The van der Waals surface area contributed by atoms with Crippen molar-refractivity contribution in [3.8, 4) is 11.5 Å². The number of benzene rings is 1. The molecule has 0 N–H and O–H groups in total. The van der Waals surface area contributed by atoms with Gasteiger partial charge in [-0.1, -0.05) is 13.3 Å². The molecule has 0 heterocycles. The molecule has 0 saturated carbocycles. The van der Waals surface area contributed by atoms with Gasteiger partial charge < -0.3 is 9.47 Å². The van der Waals surface area contributed by atoms with Crippen molar-refractivity contribution in [2.24, 2.45) is 0 Å². The Labute approximate surface area is 96.4 Å². The van der Waals surface area contributed by atoms with Crippen LogP contribution in [0, 0.1) is 0 Å². The maximum atomic E-state index is 11.4. The van der Waals surface area contributed by atoms with Gasteiger partial charge in [0.1, 0.15) is 11.5 Å². The Balaban J connectivity index is 2.85. The summed E-state index contributed by atoms with van der Waals surface area (Å²) in [6.07, 6.45) is 2.06. The van der Waals surface area contributed by atoms with Gasteiger partial charge in [-0.05, 0) is 31.5 Å². The number of rotatable bonds is 6. The van der Waals surface area contributed by atoms with E-state index in [2.05, 4.69) is 6.92 Å². The standard InChI is InChI=1S/C13H18O3/c1-4-5-8-16-13-7-6-11(15-3)9-12(13)10(2)14/h6-7,9H,4-5,8H2,1-3H3. The predicted octanol–water partition coefficient (Wildman–Crippen LogP) is 3.08. The number of carbonyl (C=O) groups is 1. The first-order valence-electron chi connectivity index (χ1n) is 5.50. The molecule has 0 amide bonds. The molecule has 1 rings (SSSR count). The van der Waals surface area contributed by atoms with E-state index >= 15 is 0 Å². The van der Waals surface area contributed by atoms with Crippen molar-refractivity contribution < 1.29 is 14.3 Å². The SMILES string of the molecule is CCCCOc1ccc(OC)cc1C(C)=O. The average Bonchev–Trinajstić information content (AvgIpc) is 2.29. The molecule has 0 saturated heterocycles. The number of hydrogen-bond acceptors (Lipinski definition) is 3. The molecule has 0 radical (unpaired) electrons. The summed E-state index contributed by atoms with van der Waals surface area (Å²) < 4.78 is 10.6. The molecule has 0 aliphatic heterocycles. The van der Waals surface area contributed by atoms with Crippen LogP contribution in [0.1, 0.15) is 37.0 Å². The summed E-state index contributed by atoms with van der Waals surface area (Å²) in [6.45, 7) is 4.27. The first-order chi connectivity index (χ1) is 7.69. The lowest BCUT2D eigenvalue weighted by Crippen LogP contribution is -2.03. The van der Waals surface area contributed by atoms with Gasteiger partial charge in [0.2, 0.25) is 0 Å². The molecule has 0 aliphatic carbocycles. The first kappa shape index (κ1) is 12.6. The minimum Gasteiger partial charge on any atom is -0.497 e. The van der Waals surface area contributed by atoms with Gasteiger partial charge in [0, 0.05) is 0 Å². The van der Waals surface area contributed by atoms with Crippen LogP contribution in [0.2, 0.25) is 0 Å². The summed E-state index contributed by atoms with van der Waals surface area (Å²) in [6, 6.07) is 5.29. The minimum atomic E-state index is -0.00889. The van der Waals surface area contributed by atoms with Crippen molar-refractivity contribution in [1.29, 1.82) is 0 Å². The van der Waals surface area contributed by atoms with Crippen molar-refractivity contribution in [2.45, 2.75) is 26.7 Å². The van der Waals surface area contributed by atoms with Crippen molar-refractivity contribution in [2.75, 3.05) is 13.7 Å². The number of hydrogen-bond donors (Lipinski definition) is 0. The second kappa shape index (κ2) is 6.16. The van der Waals surface area contributed by atoms with Crippen LogP contribution >= 0.6 is 0 Å². The zero-order valence-corrected chi connectivity index (χ0v) is 10.1. The van der Waals surface area contributed by atoms with Gasteiger partial charge in [-0.25, -0.2) is 0 Å². The Kier molecular flexibility index (Phi) is 4.83. The molecule has 0 unspecified atom stereocenters. The van der Waals surface area contributed by atoms with Gasteiger partial charge in [0.25, 0.3) is 0 Å². The van der Waals surface area contributed by atoms with Crippen molar-refractivity contribution in [3.63, 3.8) is 0 Å². The number of Topliss-reactive ketones (excluding diaryl/α,β-unsaturated/α-hetero) is 1. The summed E-state index contributed by atoms with van der Waals surface area (Å²) in [5.41, 5.74) is 0.579. The highest BCUT2D eigenvalue weighted by Gasteiger charge is 2.09. The number of ketones is 1. The maximum absolute atomic E-state index is 11.4. The predicted molar refractivity (Wildman–Crippen MR) is 63.4 cm³/mol. The molecule has 88 valence electrons. The van der Waals surface area contributed by atoms with Crippen molar-refractivity contribution >= 4 is 5.78 Å². The molecular weight excluding hydrogens is 204 g/mol. The van der Waals surface area contributed by atoms with Crippen molar-refractivity contribution in [1.82, 2.24) is 0 Å². The van der Waals surface area contributed by atoms with E-state index in [1.54, 1.807) is 25.3 Å². The van der Waals surface area contributed by atoms with E-state index < -0.39 is 0 Å². The zero-order valence-electron chi connectivity index (χ0n) is 10.1. The molecule has 0 atom stereocenters. The third-order valence-electron chi connectivity index (χ3n) is 2.32. The number of unbranched alkanes of at least 4 members (excludes halogenated alkanes) is 1. The van der Waals surface area contributed by atoms with E-state index in [4.69, 9.17) is 9.47 Å². The van der Waals surface area contributed by atoms with Gasteiger partial charge in [-0.15, -0.1) is 0 Å². The fraction of sp³-hybridized carbons (Fsp3) is 0.462. The molecule has 0 spiro atoms. The molecule has 3 heteroatoms. The summed E-state index contributed by atoms with van der Waals surface area (Å²) in [4.78, 5) is 11.4.